The first-order valence-corrected chi connectivity index (χ1v) is 7.16. The lowest BCUT2D eigenvalue weighted by Crippen LogP contribution is -2.39. The molecule has 1 aromatic carbocycles. The van der Waals surface area contributed by atoms with E-state index in [1.807, 2.05) is 16.8 Å². The van der Waals surface area contributed by atoms with E-state index in [4.69, 9.17) is 0 Å². The van der Waals surface area contributed by atoms with Gasteiger partial charge in [0.15, 0.2) is 0 Å². The molecule has 1 unspecified atom stereocenters. The summed E-state index contributed by atoms with van der Waals surface area (Å²) in [6, 6.07) is 7.06. The number of hydrogen-bond acceptors (Lipinski definition) is 4. The first kappa shape index (κ1) is 13.0. The van der Waals surface area contributed by atoms with E-state index >= 15 is 0 Å². The van der Waals surface area contributed by atoms with Gasteiger partial charge in [-0.25, -0.2) is 0 Å². The highest BCUT2D eigenvalue weighted by Gasteiger charge is 2.28. The lowest BCUT2D eigenvalue weighted by molar-refractivity contribution is -0.127. The summed E-state index contributed by atoms with van der Waals surface area (Å²) in [5, 5.41) is 14.1. The summed E-state index contributed by atoms with van der Waals surface area (Å²) in [5.41, 5.74) is 2.69. The Labute approximate surface area is 120 Å². The van der Waals surface area contributed by atoms with Crippen molar-refractivity contribution in [3.05, 3.63) is 57.3 Å². The molecule has 5 heteroatoms. The van der Waals surface area contributed by atoms with Crippen LogP contribution in [-0.4, -0.2) is 28.9 Å². The number of imide groups is 1. The Morgan fingerprint density at radius 3 is 2.75 bits per heavy atom. The third kappa shape index (κ3) is 2.05. The zero-order valence-electron chi connectivity index (χ0n) is 10.9. The molecule has 0 bridgehead atoms. The molecule has 2 aromatic rings. The molecule has 0 spiro atoms. The fraction of sp³-hybridized carbons (Fsp3) is 0.200. The normalized spacial score (nSPS) is 16.2. The minimum Gasteiger partial charge on any atom is -0.384 e. The van der Waals surface area contributed by atoms with E-state index in [9.17, 15) is 14.7 Å². The molecule has 4 nitrogen and oxygen atoms in total. The Balaban J connectivity index is 2.01. The lowest BCUT2D eigenvalue weighted by Gasteiger charge is -2.24. The smallest absolute Gasteiger partial charge is 0.260 e. The number of amides is 2. The van der Waals surface area contributed by atoms with Gasteiger partial charge in [-0.1, -0.05) is 12.1 Å². The van der Waals surface area contributed by atoms with E-state index in [0.717, 1.165) is 16.0 Å². The summed E-state index contributed by atoms with van der Waals surface area (Å²) >= 11 is 1.51. The van der Waals surface area contributed by atoms with Gasteiger partial charge in [0.05, 0.1) is 6.42 Å². The average Bonchev–Trinajstić information content (AvgIpc) is 2.98. The Morgan fingerprint density at radius 2 is 2.05 bits per heavy atom. The molecular formula is C15H13NO3S. The van der Waals surface area contributed by atoms with Gasteiger partial charge in [0, 0.05) is 12.6 Å². The van der Waals surface area contributed by atoms with Gasteiger partial charge >= 0.3 is 0 Å². The molecule has 3 rings (SSSR count). The van der Waals surface area contributed by atoms with E-state index < -0.39 is 6.10 Å². The SMILES string of the molecule is CN1C(=O)Cc2ccc(C(O)c3ccsc3)cc2C1=O. The summed E-state index contributed by atoms with van der Waals surface area (Å²) in [7, 11) is 1.48. The summed E-state index contributed by atoms with van der Waals surface area (Å²) in [6.07, 6.45) is -0.519. The molecule has 0 aliphatic carbocycles. The molecule has 20 heavy (non-hydrogen) atoms. The molecule has 0 saturated carbocycles. The zero-order chi connectivity index (χ0) is 14.3. The molecule has 1 aliphatic rings. The highest BCUT2D eigenvalue weighted by molar-refractivity contribution is 7.07. The Kier molecular flexibility index (Phi) is 3.16. The number of aliphatic hydroxyl groups is 1. The summed E-state index contributed by atoms with van der Waals surface area (Å²) < 4.78 is 0. The van der Waals surface area contributed by atoms with Gasteiger partial charge < -0.3 is 5.11 Å². The van der Waals surface area contributed by atoms with Crippen molar-refractivity contribution < 1.29 is 14.7 Å². The fourth-order valence-electron chi connectivity index (χ4n) is 2.32. The standard InChI is InChI=1S/C15H13NO3S/c1-16-13(17)7-9-2-3-10(6-12(9)15(16)19)14(18)11-4-5-20-8-11/h2-6,8,14,18H,7H2,1H3. The van der Waals surface area contributed by atoms with E-state index in [1.54, 1.807) is 18.2 Å². The second-order valence-electron chi connectivity index (χ2n) is 4.81. The number of nitrogens with zero attached hydrogens (tertiary/aromatic N) is 1. The number of thiophene rings is 1. The minimum atomic E-state index is -0.748. The number of likely N-dealkylation sites (N-methyl/N-ethyl adjacent to an activating group) is 1. The predicted octanol–water partition coefficient (Wildman–Crippen LogP) is 1.98. The van der Waals surface area contributed by atoms with Crippen LogP contribution in [0.4, 0.5) is 0 Å². The third-order valence-corrected chi connectivity index (χ3v) is 4.26. The van der Waals surface area contributed by atoms with E-state index in [2.05, 4.69) is 0 Å². The maximum Gasteiger partial charge on any atom is 0.260 e. The second-order valence-corrected chi connectivity index (χ2v) is 5.59. The number of carbonyl (C=O) groups is 2. The maximum atomic E-state index is 12.1. The van der Waals surface area contributed by atoms with Gasteiger partial charge in [0.25, 0.3) is 5.91 Å². The number of hydrogen-bond donors (Lipinski definition) is 1. The van der Waals surface area contributed by atoms with Gasteiger partial charge in [-0.05, 0) is 39.6 Å². The lowest BCUT2D eigenvalue weighted by atomic mass is 9.93. The first-order chi connectivity index (χ1) is 9.58. The summed E-state index contributed by atoms with van der Waals surface area (Å²) in [6.45, 7) is 0. The summed E-state index contributed by atoms with van der Waals surface area (Å²) in [5.74, 6) is -0.510. The average molecular weight is 287 g/mol. The molecule has 0 radical (unpaired) electrons. The fourth-order valence-corrected chi connectivity index (χ4v) is 2.99. The van der Waals surface area contributed by atoms with Crippen LogP contribution in [0.15, 0.2) is 35.0 Å². The third-order valence-electron chi connectivity index (χ3n) is 3.56. The molecule has 1 N–H and O–H groups in total. The first-order valence-electron chi connectivity index (χ1n) is 6.22. The number of benzene rings is 1. The number of rotatable bonds is 2. The largest absolute Gasteiger partial charge is 0.384 e. The minimum absolute atomic E-state index is 0.200. The van der Waals surface area contributed by atoms with E-state index in [1.165, 1.54) is 18.4 Å². The highest BCUT2D eigenvalue weighted by Crippen LogP contribution is 2.28. The van der Waals surface area contributed by atoms with Gasteiger partial charge in [0.2, 0.25) is 5.91 Å². The predicted molar refractivity (Wildman–Crippen MR) is 75.6 cm³/mol. The van der Waals surface area contributed by atoms with Crippen molar-refractivity contribution >= 4 is 23.2 Å². The molecule has 2 amide bonds. The maximum absolute atomic E-state index is 12.1. The van der Waals surface area contributed by atoms with Crippen LogP contribution in [0.5, 0.6) is 0 Å². The van der Waals surface area contributed by atoms with Crippen LogP contribution in [0.1, 0.15) is 33.2 Å². The van der Waals surface area contributed by atoms with Gasteiger partial charge in [-0.15, -0.1) is 0 Å². The van der Waals surface area contributed by atoms with Crippen LogP contribution >= 0.6 is 11.3 Å². The number of aliphatic hydroxyl groups excluding tert-OH is 1. The van der Waals surface area contributed by atoms with Crippen molar-refractivity contribution in [2.75, 3.05) is 7.05 Å². The molecule has 1 aliphatic heterocycles. The molecule has 0 fully saturated rings. The Bertz CT molecular complexity index is 678. The van der Waals surface area contributed by atoms with Crippen molar-refractivity contribution in [1.29, 1.82) is 0 Å². The van der Waals surface area contributed by atoms with Crippen LogP contribution in [-0.2, 0) is 11.2 Å². The van der Waals surface area contributed by atoms with Gasteiger partial charge in [-0.3, -0.25) is 14.5 Å². The second kappa shape index (κ2) is 4.85. The van der Waals surface area contributed by atoms with E-state index in [-0.39, 0.29) is 18.2 Å². The molecule has 1 atom stereocenters. The van der Waals surface area contributed by atoms with Gasteiger partial charge in [0.1, 0.15) is 6.10 Å². The van der Waals surface area contributed by atoms with Crippen molar-refractivity contribution in [3.63, 3.8) is 0 Å². The van der Waals surface area contributed by atoms with Crippen molar-refractivity contribution in [3.8, 4) is 0 Å². The van der Waals surface area contributed by atoms with Crippen LogP contribution in [0.3, 0.4) is 0 Å². The van der Waals surface area contributed by atoms with Crippen LogP contribution in [0, 0.1) is 0 Å². The monoisotopic (exact) mass is 287 g/mol. The van der Waals surface area contributed by atoms with Crippen molar-refractivity contribution in [2.24, 2.45) is 0 Å². The van der Waals surface area contributed by atoms with Crippen molar-refractivity contribution in [2.45, 2.75) is 12.5 Å². The molecule has 1 aromatic heterocycles. The Morgan fingerprint density at radius 1 is 1.25 bits per heavy atom. The van der Waals surface area contributed by atoms with Crippen LogP contribution in [0.2, 0.25) is 0 Å². The topological polar surface area (TPSA) is 57.6 Å². The zero-order valence-corrected chi connectivity index (χ0v) is 11.7. The highest BCUT2D eigenvalue weighted by atomic mass is 32.1. The molecule has 102 valence electrons. The molecule has 0 saturated heterocycles. The number of fused-ring (bicyclic) bond motifs is 1. The van der Waals surface area contributed by atoms with Gasteiger partial charge in [-0.2, -0.15) is 11.3 Å². The molecular weight excluding hydrogens is 274 g/mol. The number of carbonyl (C=O) groups excluding carboxylic acids is 2. The summed E-state index contributed by atoms with van der Waals surface area (Å²) in [4.78, 5) is 24.9. The Hall–Kier alpha value is -1.98. The van der Waals surface area contributed by atoms with Crippen LogP contribution in [0.25, 0.3) is 0 Å². The quantitative estimate of drug-likeness (QED) is 0.859. The molecule has 2 heterocycles. The van der Waals surface area contributed by atoms with Crippen LogP contribution < -0.4 is 0 Å². The van der Waals surface area contributed by atoms with Crippen molar-refractivity contribution in [1.82, 2.24) is 4.90 Å². The van der Waals surface area contributed by atoms with E-state index in [0.29, 0.717) is 11.1 Å².